The van der Waals surface area contributed by atoms with Crippen molar-refractivity contribution in [3.63, 3.8) is 0 Å². The largest absolute Gasteiger partial charge is 0.213 e. The molecule has 0 spiro atoms. The quantitative estimate of drug-likeness (QED) is 0.688. The molecule has 0 rings (SSSR count). The Bertz CT molecular complexity index is 235. The Labute approximate surface area is 92.1 Å². The fourth-order valence-corrected chi connectivity index (χ4v) is 3.73. The van der Waals surface area contributed by atoms with Gasteiger partial charge in [0.1, 0.15) is 0 Å². The van der Waals surface area contributed by atoms with Gasteiger partial charge in [0.25, 0.3) is 0 Å². The molecule has 1 N–H and O–H groups in total. The second-order valence-electron chi connectivity index (χ2n) is 4.06. The Kier molecular flexibility index (Phi) is 6.81. The molecule has 0 saturated heterocycles. The van der Waals surface area contributed by atoms with Gasteiger partial charge in [-0.2, -0.15) is 11.8 Å². The molecule has 3 nitrogen and oxygen atoms in total. The third kappa shape index (κ3) is 8.84. The maximum atomic E-state index is 11.4. The van der Waals surface area contributed by atoms with Crippen LogP contribution in [0.2, 0.25) is 0 Å². The van der Waals surface area contributed by atoms with Crippen molar-refractivity contribution in [1.29, 1.82) is 0 Å². The van der Waals surface area contributed by atoms with Crippen LogP contribution in [-0.2, 0) is 10.0 Å². The maximum absolute atomic E-state index is 11.4. The zero-order valence-electron chi connectivity index (χ0n) is 9.41. The predicted octanol–water partition coefficient (Wildman–Crippen LogP) is 1.70. The molecule has 0 bridgehead atoms. The Balaban J connectivity index is 3.67. The normalized spacial score (nSPS) is 12.7. The summed E-state index contributed by atoms with van der Waals surface area (Å²) in [4.78, 5) is 0. The SMILES string of the molecule is CC(C)CSCCS(=O)(=O)NC(C)C. The molecule has 0 aliphatic rings. The van der Waals surface area contributed by atoms with E-state index in [-0.39, 0.29) is 11.8 Å². The zero-order chi connectivity index (χ0) is 11.2. The number of nitrogens with one attached hydrogen (secondary N) is 1. The third-order valence-electron chi connectivity index (χ3n) is 1.36. The summed E-state index contributed by atoms with van der Waals surface area (Å²) in [7, 11) is -3.05. The third-order valence-corrected chi connectivity index (χ3v) is 4.59. The average molecular weight is 239 g/mol. The summed E-state index contributed by atoms with van der Waals surface area (Å²) in [6.45, 7) is 7.93. The minimum atomic E-state index is -3.05. The summed E-state index contributed by atoms with van der Waals surface area (Å²) in [6, 6.07) is -0.00454. The van der Waals surface area contributed by atoms with Gasteiger partial charge in [-0.25, -0.2) is 13.1 Å². The van der Waals surface area contributed by atoms with Crippen LogP contribution in [0.5, 0.6) is 0 Å². The smallest absolute Gasteiger partial charge is 0.212 e. The van der Waals surface area contributed by atoms with Gasteiger partial charge in [-0.3, -0.25) is 0 Å². The molecule has 5 heteroatoms. The van der Waals surface area contributed by atoms with Gasteiger partial charge in [-0.1, -0.05) is 13.8 Å². The van der Waals surface area contributed by atoms with E-state index in [9.17, 15) is 8.42 Å². The second kappa shape index (κ2) is 6.69. The predicted molar refractivity (Wildman–Crippen MR) is 64.2 cm³/mol. The Morgan fingerprint density at radius 2 is 1.79 bits per heavy atom. The molecule has 0 amide bonds. The van der Waals surface area contributed by atoms with Crippen molar-refractivity contribution in [2.24, 2.45) is 5.92 Å². The molecule has 0 atom stereocenters. The molecule has 0 heterocycles. The first kappa shape index (κ1) is 14.3. The molecule has 0 aromatic heterocycles. The van der Waals surface area contributed by atoms with Crippen LogP contribution in [0.3, 0.4) is 0 Å². The van der Waals surface area contributed by atoms with Crippen LogP contribution in [0.15, 0.2) is 0 Å². The minimum Gasteiger partial charge on any atom is -0.213 e. The highest BCUT2D eigenvalue weighted by Crippen LogP contribution is 2.07. The van der Waals surface area contributed by atoms with Crippen molar-refractivity contribution in [2.75, 3.05) is 17.3 Å². The van der Waals surface area contributed by atoms with Gasteiger partial charge in [0, 0.05) is 11.8 Å². The molecule has 14 heavy (non-hydrogen) atoms. The molecule has 0 radical (unpaired) electrons. The monoisotopic (exact) mass is 239 g/mol. The van der Waals surface area contributed by atoms with Crippen LogP contribution in [0.4, 0.5) is 0 Å². The lowest BCUT2D eigenvalue weighted by Crippen LogP contribution is -2.33. The fourth-order valence-electron chi connectivity index (χ4n) is 0.906. The van der Waals surface area contributed by atoms with Gasteiger partial charge in [-0.05, 0) is 25.5 Å². The first-order valence-corrected chi connectivity index (χ1v) is 7.72. The number of thioether (sulfide) groups is 1. The van der Waals surface area contributed by atoms with Crippen LogP contribution >= 0.6 is 11.8 Å². The van der Waals surface area contributed by atoms with Crippen LogP contribution < -0.4 is 4.72 Å². The molecule has 0 aromatic rings. The molecule has 0 unspecified atom stereocenters. The maximum Gasteiger partial charge on any atom is 0.212 e. The summed E-state index contributed by atoms with van der Waals surface area (Å²) < 4.78 is 25.3. The van der Waals surface area contributed by atoms with Gasteiger partial charge < -0.3 is 0 Å². The van der Waals surface area contributed by atoms with E-state index >= 15 is 0 Å². The standard InChI is InChI=1S/C9H21NO2S2/c1-8(2)7-13-5-6-14(11,12)10-9(3)4/h8-10H,5-7H2,1-4H3. The van der Waals surface area contributed by atoms with Crippen LogP contribution in [-0.4, -0.2) is 31.7 Å². The van der Waals surface area contributed by atoms with E-state index in [0.717, 1.165) is 5.75 Å². The van der Waals surface area contributed by atoms with Crippen LogP contribution in [0, 0.1) is 5.92 Å². The van der Waals surface area contributed by atoms with Crippen molar-refractivity contribution < 1.29 is 8.42 Å². The Morgan fingerprint density at radius 3 is 2.21 bits per heavy atom. The number of hydrogen-bond donors (Lipinski definition) is 1. The number of hydrogen-bond acceptors (Lipinski definition) is 3. The summed E-state index contributed by atoms with van der Waals surface area (Å²) in [5.74, 6) is 2.56. The molecule has 0 aromatic carbocycles. The lowest BCUT2D eigenvalue weighted by Gasteiger charge is -2.09. The topological polar surface area (TPSA) is 46.2 Å². The first-order valence-electron chi connectivity index (χ1n) is 4.91. The highest BCUT2D eigenvalue weighted by Gasteiger charge is 2.11. The van der Waals surface area contributed by atoms with Crippen LogP contribution in [0.1, 0.15) is 27.7 Å². The van der Waals surface area contributed by atoms with Crippen molar-refractivity contribution in [3.8, 4) is 0 Å². The molecule has 0 aliphatic heterocycles. The van der Waals surface area contributed by atoms with Crippen molar-refractivity contribution in [2.45, 2.75) is 33.7 Å². The first-order chi connectivity index (χ1) is 6.33. The minimum absolute atomic E-state index is 0.00454. The van der Waals surface area contributed by atoms with Gasteiger partial charge in [0.15, 0.2) is 0 Å². The summed E-state index contributed by atoms with van der Waals surface area (Å²) >= 11 is 1.70. The van der Waals surface area contributed by atoms with Gasteiger partial charge in [0.05, 0.1) is 5.75 Å². The summed E-state index contributed by atoms with van der Waals surface area (Å²) in [5, 5.41) is 0. The lowest BCUT2D eigenvalue weighted by atomic mass is 10.3. The zero-order valence-corrected chi connectivity index (χ0v) is 11.0. The van der Waals surface area contributed by atoms with Crippen molar-refractivity contribution in [1.82, 2.24) is 4.72 Å². The van der Waals surface area contributed by atoms with Gasteiger partial charge in [-0.15, -0.1) is 0 Å². The molecule has 0 fully saturated rings. The van der Waals surface area contributed by atoms with Crippen LogP contribution in [0.25, 0.3) is 0 Å². The molecular formula is C9H21NO2S2. The molecular weight excluding hydrogens is 218 g/mol. The number of sulfonamides is 1. The van der Waals surface area contributed by atoms with Crippen molar-refractivity contribution in [3.05, 3.63) is 0 Å². The van der Waals surface area contributed by atoms with Crippen molar-refractivity contribution >= 4 is 21.8 Å². The second-order valence-corrected chi connectivity index (χ2v) is 7.08. The fraction of sp³-hybridized carbons (Fsp3) is 1.00. The van der Waals surface area contributed by atoms with E-state index in [2.05, 4.69) is 18.6 Å². The number of rotatable bonds is 7. The van der Waals surface area contributed by atoms with E-state index in [0.29, 0.717) is 11.7 Å². The lowest BCUT2D eigenvalue weighted by molar-refractivity contribution is 0.571. The van der Waals surface area contributed by atoms with E-state index < -0.39 is 10.0 Å². The summed E-state index contributed by atoms with van der Waals surface area (Å²) in [5.41, 5.74) is 0. The highest BCUT2D eigenvalue weighted by molar-refractivity contribution is 8.00. The molecule has 0 saturated carbocycles. The van der Waals surface area contributed by atoms with Gasteiger partial charge >= 0.3 is 0 Å². The van der Waals surface area contributed by atoms with E-state index in [1.54, 1.807) is 11.8 Å². The highest BCUT2D eigenvalue weighted by atomic mass is 32.2. The molecule has 0 aliphatic carbocycles. The van der Waals surface area contributed by atoms with E-state index in [1.807, 2.05) is 13.8 Å². The average Bonchev–Trinajstić information content (AvgIpc) is 1.95. The van der Waals surface area contributed by atoms with E-state index in [1.165, 1.54) is 0 Å². The Morgan fingerprint density at radius 1 is 1.21 bits per heavy atom. The van der Waals surface area contributed by atoms with Gasteiger partial charge in [0.2, 0.25) is 10.0 Å². The summed E-state index contributed by atoms with van der Waals surface area (Å²) in [6.07, 6.45) is 0. The van der Waals surface area contributed by atoms with E-state index in [4.69, 9.17) is 0 Å². The molecule has 86 valence electrons. The Hall–Kier alpha value is 0.260.